The fraction of sp³-hybridized carbons (Fsp3) is 0.500. The van der Waals surface area contributed by atoms with Gasteiger partial charge in [-0.25, -0.2) is 0 Å². The van der Waals surface area contributed by atoms with Crippen LogP contribution in [0.5, 0.6) is 0 Å². The van der Waals surface area contributed by atoms with Crippen LogP contribution in [-0.2, 0) is 0 Å². The maximum Gasteiger partial charge on any atom is 0.150 e. The lowest BCUT2D eigenvalue weighted by atomic mass is 10.1. The highest BCUT2D eigenvalue weighted by Gasteiger charge is 2.24. The molecule has 0 spiro atoms. The molecule has 1 aliphatic rings. The summed E-state index contributed by atoms with van der Waals surface area (Å²) in [5, 5.41) is 0. The Kier molecular flexibility index (Phi) is 3.48. The van der Waals surface area contributed by atoms with E-state index in [1.807, 2.05) is 13.0 Å². The van der Waals surface area contributed by atoms with Crippen molar-refractivity contribution < 1.29 is 4.79 Å². The number of likely N-dealkylation sites (N-methyl/N-ethyl adjacent to an activating group) is 1. The first-order valence-electron chi connectivity index (χ1n) is 6.09. The Hall–Kier alpha value is -1.35. The minimum Gasteiger partial charge on any atom is -0.370 e. The minimum absolute atomic E-state index is 0.640. The van der Waals surface area contributed by atoms with E-state index in [9.17, 15) is 4.79 Å². The topological polar surface area (TPSA) is 23.6 Å². The van der Waals surface area contributed by atoms with Crippen molar-refractivity contribution in [1.29, 1.82) is 0 Å². The van der Waals surface area contributed by atoms with E-state index in [0.717, 1.165) is 30.5 Å². The predicted octanol–water partition coefficient (Wildman–Crippen LogP) is 1.95. The summed E-state index contributed by atoms with van der Waals surface area (Å²) in [4.78, 5) is 15.5. The average molecular weight is 232 g/mol. The van der Waals surface area contributed by atoms with Crippen LogP contribution in [0.2, 0.25) is 0 Å². The van der Waals surface area contributed by atoms with Crippen molar-refractivity contribution in [2.75, 3.05) is 32.1 Å². The van der Waals surface area contributed by atoms with E-state index in [1.165, 1.54) is 12.1 Å². The molecule has 1 saturated heterocycles. The molecule has 1 heterocycles. The molecule has 0 amide bonds. The molecule has 1 unspecified atom stereocenters. The van der Waals surface area contributed by atoms with E-state index in [2.05, 4.69) is 36.0 Å². The molecule has 2 rings (SSSR count). The van der Waals surface area contributed by atoms with Crippen LogP contribution in [0.25, 0.3) is 0 Å². The van der Waals surface area contributed by atoms with Crippen LogP contribution in [0.3, 0.4) is 0 Å². The first-order valence-corrected chi connectivity index (χ1v) is 6.09. The van der Waals surface area contributed by atoms with Gasteiger partial charge in [0.05, 0.1) is 0 Å². The Morgan fingerprint density at radius 2 is 2.18 bits per heavy atom. The van der Waals surface area contributed by atoms with E-state index >= 15 is 0 Å². The monoisotopic (exact) mass is 232 g/mol. The molecular weight excluding hydrogens is 212 g/mol. The molecule has 17 heavy (non-hydrogen) atoms. The van der Waals surface area contributed by atoms with Gasteiger partial charge in [-0.2, -0.15) is 0 Å². The number of rotatable bonds is 3. The molecule has 3 heteroatoms. The fourth-order valence-electron chi connectivity index (χ4n) is 2.39. The van der Waals surface area contributed by atoms with Crippen LogP contribution in [-0.4, -0.2) is 44.4 Å². The van der Waals surface area contributed by atoms with E-state index in [0.29, 0.717) is 6.04 Å². The Morgan fingerprint density at radius 1 is 1.41 bits per heavy atom. The maximum absolute atomic E-state index is 10.8. The highest BCUT2D eigenvalue weighted by Crippen LogP contribution is 2.24. The van der Waals surface area contributed by atoms with Gasteiger partial charge in [-0.15, -0.1) is 0 Å². The number of hydrogen-bond acceptors (Lipinski definition) is 3. The van der Waals surface area contributed by atoms with E-state index in [1.54, 1.807) is 0 Å². The van der Waals surface area contributed by atoms with Gasteiger partial charge in [0.2, 0.25) is 0 Å². The van der Waals surface area contributed by atoms with Crippen LogP contribution in [0, 0.1) is 6.92 Å². The Bertz CT molecular complexity index is 415. The maximum atomic E-state index is 10.8. The molecule has 1 aromatic rings. The van der Waals surface area contributed by atoms with Gasteiger partial charge < -0.3 is 9.80 Å². The van der Waals surface area contributed by atoms with Crippen LogP contribution in [0.1, 0.15) is 22.3 Å². The molecule has 1 fully saturated rings. The molecule has 0 saturated carbocycles. The molecule has 0 N–H and O–H groups in total. The van der Waals surface area contributed by atoms with Crippen molar-refractivity contribution in [3.05, 3.63) is 29.3 Å². The van der Waals surface area contributed by atoms with Crippen LogP contribution >= 0.6 is 0 Å². The van der Waals surface area contributed by atoms with Crippen molar-refractivity contribution in [2.24, 2.45) is 0 Å². The molecule has 0 bridgehead atoms. The zero-order chi connectivity index (χ0) is 12.4. The summed E-state index contributed by atoms with van der Waals surface area (Å²) in [5.41, 5.74) is 3.08. The number of carbonyl (C=O) groups excluding carboxylic acids is 1. The zero-order valence-electron chi connectivity index (χ0n) is 10.8. The summed E-state index contributed by atoms with van der Waals surface area (Å²) in [6, 6.07) is 6.72. The molecular formula is C14H20N2O. The molecule has 3 nitrogen and oxygen atoms in total. The number of hydrogen-bond donors (Lipinski definition) is 0. The third kappa shape index (κ3) is 2.50. The Morgan fingerprint density at radius 3 is 2.71 bits per heavy atom. The molecule has 1 atom stereocenters. The number of aryl methyl sites for hydroxylation is 1. The fourth-order valence-corrected chi connectivity index (χ4v) is 2.39. The van der Waals surface area contributed by atoms with E-state index in [4.69, 9.17) is 0 Å². The summed E-state index contributed by atoms with van der Waals surface area (Å²) in [5.74, 6) is 0. The third-order valence-electron chi connectivity index (χ3n) is 3.64. The van der Waals surface area contributed by atoms with Crippen LogP contribution in [0.15, 0.2) is 18.2 Å². The van der Waals surface area contributed by atoms with Gasteiger partial charge in [-0.1, -0.05) is 0 Å². The van der Waals surface area contributed by atoms with Crippen LogP contribution in [0.4, 0.5) is 5.69 Å². The summed E-state index contributed by atoms with van der Waals surface area (Å²) in [6.45, 7) is 4.17. The molecule has 1 aliphatic heterocycles. The van der Waals surface area contributed by atoms with Gasteiger partial charge >= 0.3 is 0 Å². The number of aldehydes is 1. The van der Waals surface area contributed by atoms with Crippen molar-refractivity contribution in [3.8, 4) is 0 Å². The lowest BCUT2D eigenvalue weighted by molar-refractivity contribution is 0.112. The van der Waals surface area contributed by atoms with Crippen molar-refractivity contribution in [2.45, 2.75) is 19.4 Å². The highest BCUT2D eigenvalue weighted by molar-refractivity contribution is 5.78. The van der Waals surface area contributed by atoms with Crippen molar-refractivity contribution in [3.63, 3.8) is 0 Å². The standard InChI is InChI=1S/C14H20N2O/c1-11-8-13(5-4-12(11)10-17)16-7-6-14(9-16)15(2)3/h4-5,8,10,14H,6-7,9H2,1-3H3. The largest absolute Gasteiger partial charge is 0.370 e. The number of nitrogens with zero attached hydrogens (tertiary/aromatic N) is 2. The first kappa shape index (κ1) is 12.1. The number of benzene rings is 1. The molecule has 0 aromatic heterocycles. The second-order valence-electron chi connectivity index (χ2n) is 5.01. The molecule has 0 aliphatic carbocycles. The van der Waals surface area contributed by atoms with E-state index in [-0.39, 0.29) is 0 Å². The van der Waals surface area contributed by atoms with Gasteiger partial charge in [-0.05, 0) is 51.2 Å². The summed E-state index contributed by atoms with van der Waals surface area (Å²) < 4.78 is 0. The minimum atomic E-state index is 0.640. The van der Waals surface area contributed by atoms with Gasteiger partial charge in [0.1, 0.15) is 6.29 Å². The summed E-state index contributed by atoms with van der Waals surface area (Å²) in [6.07, 6.45) is 2.13. The molecule has 0 radical (unpaired) electrons. The van der Waals surface area contributed by atoms with Crippen molar-refractivity contribution in [1.82, 2.24) is 4.90 Å². The quantitative estimate of drug-likeness (QED) is 0.744. The highest BCUT2D eigenvalue weighted by atomic mass is 16.1. The third-order valence-corrected chi connectivity index (χ3v) is 3.64. The Labute approximate surface area is 103 Å². The second-order valence-corrected chi connectivity index (χ2v) is 5.01. The van der Waals surface area contributed by atoms with E-state index < -0.39 is 0 Å². The second kappa shape index (κ2) is 4.88. The Balaban J connectivity index is 2.14. The van der Waals surface area contributed by atoms with Crippen molar-refractivity contribution >= 4 is 12.0 Å². The average Bonchev–Trinajstić information content (AvgIpc) is 2.78. The van der Waals surface area contributed by atoms with Gasteiger partial charge in [-0.3, -0.25) is 4.79 Å². The smallest absolute Gasteiger partial charge is 0.150 e. The van der Waals surface area contributed by atoms with Crippen LogP contribution < -0.4 is 4.90 Å². The molecule has 92 valence electrons. The predicted molar refractivity (Wildman–Crippen MR) is 70.9 cm³/mol. The van der Waals surface area contributed by atoms with Gasteiger partial charge in [0.15, 0.2) is 0 Å². The lowest BCUT2D eigenvalue weighted by Crippen LogP contribution is -2.31. The van der Waals surface area contributed by atoms with Gasteiger partial charge in [0.25, 0.3) is 0 Å². The van der Waals surface area contributed by atoms with Gasteiger partial charge in [0, 0.05) is 30.4 Å². The lowest BCUT2D eigenvalue weighted by Gasteiger charge is -2.22. The first-order chi connectivity index (χ1) is 8.11. The summed E-state index contributed by atoms with van der Waals surface area (Å²) >= 11 is 0. The normalized spacial score (nSPS) is 20.0. The number of anilines is 1. The number of carbonyl (C=O) groups is 1. The SMILES string of the molecule is Cc1cc(N2CCC(N(C)C)C2)ccc1C=O. The summed E-state index contributed by atoms with van der Waals surface area (Å²) in [7, 11) is 4.27. The molecule has 1 aromatic carbocycles. The zero-order valence-corrected chi connectivity index (χ0v) is 10.8.